The number of carbonyl (C=O) groups excluding carboxylic acids is 1. The smallest absolute Gasteiger partial charge is 0.305 e. The van der Waals surface area contributed by atoms with Crippen LogP contribution in [0.1, 0.15) is 49.0 Å². The summed E-state index contributed by atoms with van der Waals surface area (Å²) in [6.07, 6.45) is 7.97. The maximum absolute atomic E-state index is 12.6. The number of nitrogens with one attached hydrogen (secondary N) is 1. The van der Waals surface area contributed by atoms with E-state index < -0.39 is 5.97 Å². The Labute approximate surface area is 135 Å². The fourth-order valence-corrected chi connectivity index (χ4v) is 5.29. The van der Waals surface area contributed by atoms with Gasteiger partial charge in [-0.3, -0.25) is 14.3 Å². The Bertz CT molecular complexity index is 596. The Hall–Kier alpha value is -1.85. The lowest BCUT2D eigenvalue weighted by molar-refractivity contribution is -0.137. The van der Waals surface area contributed by atoms with E-state index in [0.29, 0.717) is 17.5 Å². The normalized spacial score (nSPS) is 34.5. The molecule has 4 aliphatic carbocycles. The van der Waals surface area contributed by atoms with E-state index in [4.69, 9.17) is 5.11 Å². The molecule has 4 bridgehead atoms. The molecule has 0 aliphatic heterocycles. The molecule has 0 radical (unpaired) electrons. The highest BCUT2D eigenvalue weighted by Gasteiger charge is 2.48. The van der Waals surface area contributed by atoms with Gasteiger partial charge in [0.15, 0.2) is 0 Å². The van der Waals surface area contributed by atoms with Crippen LogP contribution in [0.5, 0.6) is 0 Å². The number of rotatable bonds is 5. The average molecular weight is 317 g/mol. The number of aliphatic carboxylic acids is 1. The van der Waals surface area contributed by atoms with E-state index in [-0.39, 0.29) is 24.9 Å². The van der Waals surface area contributed by atoms with Crippen LogP contribution in [0.4, 0.5) is 0 Å². The molecule has 5 rings (SSSR count). The molecule has 0 aromatic carbocycles. The van der Waals surface area contributed by atoms with Gasteiger partial charge in [0.05, 0.1) is 13.0 Å². The zero-order valence-corrected chi connectivity index (χ0v) is 13.1. The molecule has 124 valence electrons. The van der Waals surface area contributed by atoms with Crippen molar-refractivity contribution in [2.45, 2.75) is 51.1 Å². The first kappa shape index (κ1) is 14.7. The zero-order valence-electron chi connectivity index (χ0n) is 13.1. The molecule has 0 unspecified atom stereocenters. The van der Waals surface area contributed by atoms with E-state index in [0.717, 1.165) is 11.8 Å². The third-order valence-corrected chi connectivity index (χ3v) is 6.01. The Balaban J connectivity index is 1.44. The number of hydrogen-bond donors (Lipinski definition) is 2. The van der Waals surface area contributed by atoms with Crippen LogP contribution in [0.15, 0.2) is 12.3 Å². The van der Waals surface area contributed by atoms with Crippen LogP contribution in [-0.4, -0.2) is 32.8 Å². The summed E-state index contributed by atoms with van der Waals surface area (Å²) >= 11 is 0. The van der Waals surface area contributed by atoms with Gasteiger partial charge in [0.2, 0.25) is 0 Å². The van der Waals surface area contributed by atoms with Gasteiger partial charge in [0, 0.05) is 12.2 Å². The quantitative estimate of drug-likeness (QED) is 0.869. The Kier molecular flexibility index (Phi) is 3.62. The van der Waals surface area contributed by atoms with Gasteiger partial charge in [-0.05, 0) is 61.8 Å². The summed E-state index contributed by atoms with van der Waals surface area (Å²) in [7, 11) is 0. The van der Waals surface area contributed by atoms with Gasteiger partial charge < -0.3 is 10.4 Å². The van der Waals surface area contributed by atoms with Crippen LogP contribution in [0.2, 0.25) is 0 Å². The number of aromatic nitrogens is 2. The molecule has 23 heavy (non-hydrogen) atoms. The number of carboxylic acid groups (broad SMARTS) is 1. The largest absolute Gasteiger partial charge is 0.481 e. The summed E-state index contributed by atoms with van der Waals surface area (Å²) < 4.78 is 1.50. The van der Waals surface area contributed by atoms with Crippen molar-refractivity contribution in [1.29, 1.82) is 0 Å². The highest BCUT2D eigenvalue weighted by atomic mass is 16.4. The van der Waals surface area contributed by atoms with Crippen molar-refractivity contribution in [3.05, 3.63) is 18.0 Å². The van der Waals surface area contributed by atoms with Crippen molar-refractivity contribution in [3.63, 3.8) is 0 Å². The van der Waals surface area contributed by atoms with Crippen molar-refractivity contribution in [1.82, 2.24) is 15.1 Å². The molecule has 1 aromatic rings. The number of nitrogens with zero attached hydrogens (tertiary/aromatic N) is 2. The van der Waals surface area contributed by atoms with Crippen LogP contribution in [0.3, 0.4) is 0 Å². The predicted octanol–water partition coefficient (Wildman–Crippen LogP) is 1.91. The summed E-state index contributed by atoms with van der Waals surface area (Å²) in [6.45, 7) is 0.229. The molecule has 6 heteroatoms. The standard InChI is InChI=1S/C17H23N3O3/c21-15(22)2-4-20-14(1-3-18-20)17(23)19-16-12-6-10-5-11(8-12)9-13(16)7-10/h1,3,10-13,16H,2,4-9H2,(H,19,23)(H,21,22). The fourth-order valence-electron chi connectivity index (χ4n) is 5.29. The van der Waals surface area contributed by atoms with E-state index in [1.165, 1.54) is 36.8 Å². The number of carbonyl (C=O) groups is 2. The molecule has 4 saturated carbocycles. The highest BCUT2D eigenvalue weighted by molar-refractivity contribution is 5.92. The van der Waals surface area contributed by atoms with E-state index in [9.17, 15) is 9.59 Å². The van der Waals surface area contributed by atoms with Gasteiger partial charge in [0.1, 0.15) is 5.69 Å². The molecule has 1 heterocycles. The lowest BCUT2D eigenvalue weighted by Gasteiger charge is -2.54. The predicted molar refractivity (Wildman–Crippen MR) is 82.8 cm³/mol. The van der Waals surface area contributed by atoms with Gasteiger partial charge in [-0.15, -0.1) is 0 Å². The van der Waals surface area contributed by atoms with Crippen LogP contribution in [0, 0.1) is 23.7 Å². The topological polar surface area (TPSA) is 84.2 Å². The molecule has 0 saturated heterocycles. The summed E-state index contributed by atoms with van der Waals surface area (Å²) in [5.41, 5.74) is 0.472. The molecule has 4 fully saturated rings. The van der Waals surface area contributed by atoms with Gasteiger partial charge in [0.25, 0.3) is 5.91 Å². The van der Waals surface area contributed by atoms with Gasteiger partial charge >= 0.3 is 5.97 Å². The first-order valence-corrected chi connectivity index (χ1v) is 8.64. The van der Waals surface area contributed by atoms with Gasteiger partial charge in [-0.1, -0.05) is 0 Å². The Morgan fingerprint density at radius 3 is 2.43 bits per heavy atom. The second kappa shape index (κ2) is 5.65. The maximum atomic E-state index is 12.6. The van der Waals surface area contributed by atoms with E-state index in [2.05, 4.69) is 10.4 Å². The number of aryl methyl sites for hydroxylation is 1. The van der Waals surface area contributed by atoms with E-state index >= 15 is 0 Å². The van der Waals surface area contributed by atoms with Crippen molar-refractivity contribution in [2.75, 3.05) is 0 Å². The summed E-state index contributed by atoms with van der Waals surface area (Å²) in [6, 6.07) is 1.96. The first-order valence-electron chi connectivity index (χ1n) is 8.64. The zero-order chi connectivity index (χ0) is 16.0. The molecule has 2 N–H and O–H groups in total. The minimum atomic E-state index is -0.882. The van der Waals surface area contributed by atoms with Crippen molar-refractivity contribution >= 4 is 11.9 Å². The van der Waals surface area contributed by atoms with E-state index in [1.807, 2.05) is 0 Å². The average Bonchev–Trinajstić information content (AvgIpc) is 2.96. The lowest BCUT2D eigenvalue weighted by atomic mass is 9.54. The molecule has 0 atom stereocenters. The van der Waals surface area contributed by atoms with Crippen LogP contribution < -0.4 is 5.32 Å². The van der Waals surface area contributed by atoms with Gasteiger partial charge in [-0.25, -0.2) is 0 Å². The Morgan fingerprint density at radius 2 is 1.83 bits per heavy atom. The molecule has 1 amide bonds. The third-order valence-electron chi connectivity index (χ3n) is 6.01. The molecule has 6 nitrogen and oxygen atoms in total. The molecule has 1 aromatic heterocycles. The number of carboxylic acids is 1. The monoisotopic (exact) mass is 317 g/mol. The fraction of sp³-hybridized carbons (Fsp3) is 0.706. The van der Waals surface area contributed by atoms with Gasteiger partial charge in [-0.2, -0.15) is 5.10 Å². The van der Waals surface area contributed by atoms with E-state index in [1.54, 1.807) is 12.3 Å². The maximum Gasteiger partial charge on any atom is 0.305 e. The molecule has 0 spiro atoms. The second-order valence-corrected chi connectivity index (χ2v) is 7.51. The summed E-state index contributed by atoms with van der Waals surface area (Å²) in [4.78, 5) is 23.4. The minimum absolute atomic E-state index is 0.0278. The van der Waals surface area contributed by atoms with Crippen molar-refractivity contribution in [3.8, 4) is 0 Å². The number of hydrogen-bond acceptors (Lipinski definition) is 3. The SMILES string of the molecule is O=C(O)CCn1nccc1C(=O)NC1C2CC3CC(C2)CC1C3. The highest BCUT2D eigenvalue weighted by Crippen LogP contribution is 2.53. The second-order valence-electron chi connectivity index (χ2n) is 7.51. The van der Waals surface area contributed by atoms with Crippen molar-refractivity contribution < 1.29 is 14.7 Å². The minimum Gasteiger partial charge on any atom is -0.481 e. The van der Waals surface area contributed by atoms with Crippen molar-refractivity contribution in [2.24, 2.45) is 23.7 Å². The summed E-state index contributed by atoms with van der Waals surface area (Å²) in [5.74, 6) is 2.04. The van der Waals surface area contributed by atoms with Crippen LogP contribution in [0.25, 0.3) is 0 Å². The Morgan fingerprint density at radius 1 is 1.17 bits per heavy atom. The number of amides is 1. The van der Waals surface area contributed by atoms with Crippen LogP contribution >= 0.6 is 0 Å². The lowest BCUT2D eigenvalue weighted by Crippen LogP contribution is -2.56. The summed E-state index contributed by atoms with van der Waals surface area (Å²) in [5, 5.41) is 16.1. The van der Waals surface area contributed by atoms with Crippen LogP contribution in [-0.2, 0) is 11.3 Å². The first-order chi connectivity index (χ1) is 11.1. The third kappa shape index (κ3) is 2.75. The molecular weight excluding hydrogens is 294 g/mol. The molecular formula is C17H23N3O3. The molecule has 4 aliphatic rings.